The molecule has 0 radical (unpaired) electrons. The third-order valence-electron chi connectivity index (χ3n) is 4.93. The molecule has 2 aromatic rings. The van der Waals surface area contributed by atoms with E-state index in [9.17, 15) is 4.79 Å². The van der Waals surface area contributed by atoms with Crippen molar-refractivity contribution in [3.63, 3.8) is 0 Å². The Morgan fingerprint density at radius 3 is 2.24 bits per heavy atom. The number of carbonyl (C=O) groups excluding carboxylic acids is 1. The number of benzene rings is 1. The van der Waals surface area contributed by atoms with Gasteiger partial charge < -0.3 is 9.80 Å². The third kappa shape index (κ3) is 4.01. The van der Waals surface area contributed by atoms with Gasteiger partial charge in [0.15, 0.2) is 0 Å². The molecule has 1 amide bonds. The topological polar surface area (TPSA) is 36.4 Å². The van der Waals surface area contributed by atoms with Gasteiger partial charge in [0.25, 0.3) is 0 Å². The highest BCUT2D eigenvalue weighted by Crippen LogP contribution is 2.28. The lowest BCUT2D eigenvalue weighted by Crippen LogP contribution is -2.50. The van der Waals surface area contributed by atoms with Gasteiger partial charge in [-0.05, 0) is 30.5 Å². The molecule has 1 aliphatic rings. The highest BCUT2D eigenvalue weighted by atomic mass is 16.2. The number of amides is 1. The Morgan fingerprint density at radius 1 is 1.00 bits per heavy atom. The number of hydrogen-bond donors (Lipinski definition) is 0. The third-order valence-corrected chi connectivity index (χ3v) is 4.93. The molecule has 0 spiro atoms. The van der Waals surface area contributed by atoms with E-state index in [2.05, 4.69) is 54.9 Å². The molecular weight excluding hydrogens is 310 g/mol. The van der Waals surface area contributed by atoms with E-state index in [1.165, 1.54) is 5.56 Å². The van der Waals surface area contributed by atoms with Gasteiger partial charge in [-0.1, -0.05) is 49.7 Å². The number of rotatable bonds is 4. The van der Waals surface area contributed by atoms with Crippen LogP contribution >= 0.6 is 0 Å². The maximum Gasteiger partial charge on any atom is 0.230 e. The fourth-order valence-electron chi connectivity index (χ4n) is 3.48. The fraction of sp³-hybridized carbons (Fsp3) is 0.429. The van der Waals surface area contributed by atoms with Gasteiger partial charge >= 0.3 is 0 Å². The summed E-state index contributed by atoms with van der Waals surface area (Å²) in [4.78, 5) is 21.8. The Bertz CT molecular complexity index is 689. The van der Waals surface area contributed by atoms with Gasteiger partial charge in [-0.15, -0.1) is 0 Å². The standard InChI is InChI=1S/C21H27N3O/c1-16(2)20(18-9-7-17(3)8-10-18)21(25)24-14-12-23(13-15-24)19-6-4-5-11-22-19/h4-11,16,20H,12-15H2,1-3H3. The Balaban J connectivity index is 1.68. The van der Waals surface area contributed by atoms with E-state index in [1.807, 2.05) is 29.3 Å². The van der Waals surface area contributed by atoms with Crippen molar-refractivity contribution in [3.8, 4) is 0 Å². The molecule has 132 valence electrons. The quantitative estimate of drug-likeness (QED) is 0.857. The van der Waals surface area contributed by atoms with Crippen LogP contribution in [0.5, 0.6) is 0 Å². The molecule has 1 aliphatic heterocycles. The fourth-order valence-corrected chi connectivity index (χ4v) is 3.48. The number of aromatic nitrogens is 1. The van der Waals surface area contributed by atoms with E-state index < -0.39 is 0 Å². The monoisotopic (exact) mass is 337 g/mol. The van der Waals surface area contributed by atoms with Crippen molar-refractivity contribution in [1.82, 2.24) is 9.88 Å². The van der Waals surface area contributed by atoms with Gasteiger partial charge in [0.2, 0.25) is 5.91 Å². The van der Waals surface area contributed by atoms with Crippen LogP contribution in [0, 0.1) is 12.8 Å². The number of piperazine rings is 1. The minimum absolute atomic E-state index is 0.0676. The second kappa shape index (κ2) is 7.68. The highest BCUT2D eigenvalue weighted by Gasteiger charge is 2.30. The van der Waals surface area contributed by atoms with Gasteiger partial charge in [0.1, 0.15) is 5.82 Å². The molecule has 1 aromatic carbocycles. The summed E-state index contributed by atoms with van der Waals surface area (Å²) in [6.07, 6.45) is 1.82. The Morgan fingerprint density at radius 2 is 1.68 bits per heavy atom. The lowest BCUT2D eigenvalue weighted by atomic mass is 9.86. The van der Waals surface area contributed by atoms with Crippen LogP contribution in [0.15, 0.2) is 48.7 Å². The molecule has 1 saturated heterocycles. The first-order valence-electron chi connectivity index (χ1n) is 9.07. The predicted octanol–water partition coefficient (Wildman–Crippen LogP) is 3.48. The maximum atomic E-state index is 13.2. The molecule has 2 heterocycles. The molecule has 1 fully saturated rings. The van der Waals surface area contributed by atoms with Gasteiger partial charge in [0.05, 0.1) is 5.92 Å². The molecule has 0 saturated carbocycles. The Kier molecular flexibility index (Phi) is 5.37. The summed E-state index contributed by atoms with van der Waals surface area (Å²) in [6.45, 7) is 9.52. The number of nitrogens with zero attached hydrogens (tertiary/aromatic N) is 3. The normalized spacial score (nSPS) is 16.2. The van der Waals surface area contributed by atoms with Gasteiger partial charge in [-0.25, -0.2) is 4.98 Å². The van der Waals surface area contributed by atoms with Crippen LogP contribution in [0.4, 0.5) is 5.82 Å². The SMILES string of the molecule is Cc1ccc(C(C(=O)N2CCN(c3ccccn3)CC2)C(C)C)cc1. The van der Waals surface area contributed by atoms with Gasteiger partial charge in [-0.2, -0.15) is 0 Å². The molecule has 1 aromatic heterocycles. The molecule has 0 aliphatic carbocycles. The molecule has 25 heavy (non-hydrogen) atoms. The van der Waals surface area contributed by atoms with Crippen LogP contribution in [0.2, 0.25) is 0 Å². The Hall–Kier alpha value is -2.36. The van der Waals surface area contributed by atoms with Gasteiger partial charge in [0, 0.05) is 32.4 Å². The van der Waals surface area contributed by atoms with Crippen LogP contribution in [-0.2, 0) is 4.79 Å². The van der Waals surface area contributed by atoms with Crippen molar-refractivity contribution >= 4 is 11.7 Å². The van der Waals surface area contributed by atoms with Crippen LogP contribution in [-0.4, -0.2) is 42.0 Å². The summed E-state index contributed by atoms with van der Waals surface area (Å²) in [5.41, 5.74) is 2.35. The molecular formula is C21H27N3O. The number of hydrogen-bond acceptors (Lipinski definition) is 3. The smallest absolute Gasteiger partial charge is 0.230 e. The molecule has 3 rings (SSSR count). The number of aryl methyl sites for hydroxylation is 1. The zero-order valence-electron chi connectivity index (χ0n) is 15.4. The zero-order chi connectivity index (χ0) is 17.8. The van der Waals surface area contributed by atoms with E-state index in [1.54, 1.807) is 0 Å². The maximum absolute atomic E-state index is 13.2. The average molecular weight is 337 g/mol. The number of carbonyl (C=O) groups is 1. The second-order valence-electron chi connectivity index (χ2n) is 7.13. The minimum Gasteiger partial charge on any atom is -0.353 e. The van der Waals surface area contributed by atoms with Crippen molar-refractivity contribution in [2.24, 2.45) is 5.92 Å². The van der Waals surface area contributed by atoms with E-state index in [4.69, 9.17) is 0 Å². The van der Waals surface area contributed by atoms with E-state index >= 15 is 0 Å². The van der Waals surface area contributed by atoms with E-state index in [0.717, 1.165) is 37.6 Å². The molecule has 0 bridgehead atoms. The van der Waals surface area contributed by atoms with Crippen LogP contribution in [0.25, 0.3) is 0 Å². The van der Waals surface area contributed by atoms with E-state index in [-0.39, 0.29) is 17.7 Å². The first kappa shape index (κ1) is 17.5. The molecule has 4 heteroatoms. The first-order valence-corrected chi connectivity index (χ1v) is 9.07. The summed E-state index contributed by atoms with van der Waals surface area (Å²) in [5, 5.41) is 0. The predicted molar refractivity (Wildman–Crippen MR) is 102 cm³/mol. The summed E-state index contributed by atoms with van der Waals surface area (Å²) in [7, 11) is 0. The molecule has 4 nitrogen and oxygen atoms in total. The van der Waals surface area contributed by atoms with Gasteiger partial charge in [-0.3, -0.25) is 4.79 Å². The van der Waals surface area contributed by atoms with Crippen molar-refractivity contribution < 1.29 is 4.79 Å². The van der Waals surface area contributed by atoms with Crippen LogP contribution in [0.3, 0.4) is 0 Å². The average Bonchev–Trinajstić information content (AvgIpc) is 2.64. The van der Waals surface area contributed by atoms with Crippen molar-refractivity contribution in [2.45, 2.75) is 26.7 Å². The van der Waals surface area contributed by atoms with Crippen molar-refractivity contribution in [1.29, 1.82) is 0 Å². The second-order valence-corrected chi connectivity index (χ2v) is 7.13. The minimum atomic E-state index is -0.0676. The summed E-state index contributed by atoms with van der Waals surface area (Å²) >= 11 is 0. The lowest BCUT2D eigenvalue weighted by molar-refractivity contribution is -0.134. The molecule has 1 atom stereocenters. The lowest BCUT2D eigenvalue weighted by Gasteiger charge is -2.37. The number of anilines is 1. The first-order chi connectivity index (χ1) is 12.1. The summed E-state index contributed by atoms with van der Waals surface area (Å²) in [6, 6.07) is 14.4. The van der Waals surface area contributed by atoms with Crippen LogP contribution in [0.1, 0.15) is 30.9 Å². The van der Waals surface area contributed by atoms with E-state index in [0.29, 0.717) is 0 Å². The van der Waals surface area contributed by atoms with Crippen molar-refractivity contribution in [3.05, 3.63) is 59.8 Å². The van der Waals surface area contributed by atoms with Crippen LogP contribution < -0.4 is 4.90 Å². The molecule has 1 unspecified atom stereocenters. The molecule has 0 N–H and O–H groups in total. The number of pyridine rings is 1. The van der Waals surface area contributed by atoms with Crippen molar-refractivity contribution in [2.75, 3.05) is 31.1 Å². The summed E-state index contributed by atoms with van der Waals surface area (Å²) in [5.74, 6) is 1.46. The Labute approximate surface area is 150 Å². The zero-order valence-corrected chi connectivity index (χ0v) is 15.4. The highest BCUT2D eigenvalue weighted by molar-refractivity contribution is 5.84. The largest absolute Gasteiger partial charge is 0.353 e. The summed E-state index contributed by atoms with van der Waals surface area (Å²) < 4.78 is 0.